The van der Waals surface area contributed by atoms with Gasteiger partial charge in [0, 0.05) is 23.8 Å². The van der Waals surface area contributed by atoms with Crippen LogP contribution in [0.2, 0.25) is 0 Å². The summed E-state index contributed by atoms with van der Waals surface area (Å²) in [7, 11) is 0. The molecule has 0 aromatic carbocycles. The summed E-state index contributed by atoms with van der Waals surface area (Å²) in [5.74, 6) is 0.399. The van der Waals surface area contributed by atoms with E-state index in [0.29, 0.717) is 12.0 Å². The molecule has 4 heteroatoms. The van der Waals surface area contributed by atoms with Crippen molar-refractivity contribution in [3.8, 4) is 5.75 Å². The molecular formula is C14H14N2O2. The zero-order chi connectivity index (χ0) is 12.9. The van der Waals surface area contributed by atoms with Crippen molar-refractivity contribution in [1.29, 1.82) is 0 Å². The van der Waals surface area contributed by atoms with E-state index in [9.17, 15) is 4.79 Å². The van der Waals surface area contributed by atoms with E-state index in [2.05, 4.69) is 4.98 Å². The summed E-state index contributed by atoms with van der Waals surface area (Å²) in [6.07, 6.45) is 5.88. The number of nitrogens with two attached hydrogens (primary N) is 1. The third-order valence-electron chi connectivity index (χ3n) is 3.45. The molecule has 3 rings (SSSR count). The number of fused-ring (bicyclic) bond motifs is 2. The Labute approximate surface area is 105 Å². The number of rotatable bonds is 1. The number of carbonyl (C=O) groups excluding carboxylic acids is 1. The van der Waals surface area contributed by atoms with Crippen molar-refractivity contribution in [2.75, 3.05) is 0 Å². The summed E-state index contributed by atoms with van der Waals surface area (Å²) < 4.78 is 5.94. The first-order chi connectivity index (χ1) is 8.49. The Kier molecular flexibility index (Phi) is 2.11. The minimum atomic E-state index is -0.456. The Morgan fingerprint density at radius 3 is 3.00 bits per heavy atom. The fourth-order valence-electron chi connectivity index (χ4n) is 2.57. The molecule has 0 bridgehead atoms. The summed E-state index contributed by atoms with van der Waals surface area (Å²) in [5.41, 5.74) is 8.72. The van der Waals surface area contributed by atoms with Crippen molar-refractivity contribution < 1.29 is 9.53 Å². The molecule has 2 heterocycles. The van der Waals surface area contributed by atoms with Gasteiger partial charge in [-0.1, -0.05) is 0 Å². The van der Waals surface area contributed by atoms with Gasteiger partial charge in [0.1, 0.15) is 11.4 Å². The predicted octanol–water partition coefficient (Wildman–Crippen LogP) is 1.82. The van der Waals surface area contributed by atoms with Crippen LogP contribution in [-0.2, 0) is 4.79 Å². The highest BCUT2D eigenvalue weighted by Crippen LogP contribution is 2.46. The Bertz CT molecular complexity index is 612. The molecule has 1 amide bonds. The number of allylic oxidation sites excluding steroid dienone is 1. The molecule has 4 nitrogen and oxygen atoms in total. The SMILES string of the molecule is CC1(C)Oc2cnccc2C2=C1C=C(C(N)=O)C2. The first-order valence-corrected chi connectivity index (χ1v) is 5.86. The smallest absolute Gasteiger partial charge is 0.244 e. The molecule has 0 radical (unpaired) electrons. The van der Waals surface area contributed by atoms with Gasteiger partial charge in [-0.2, -0.15) is 0 Å². The maximum atomic E-state index is 11.3. The van der Waals surface area contributed by atoms with Crippen molar-refractivity contribution in [1.82, 2.24) is 4.98 Å². The Morgan fingerprint density at radius 2 is 2.28 bits per heavy atom. The van der Waals surface area contributed by atoms with E-state index in [0.717, 1.165) is 22.5 Å². The first-order valence-electron chi connectivity index (χ1n) is 5.86. The van der Waals surface area contributed by atoms with Crippen molar-refractivity contribution in [2.45, 2.75) is 25.9 Å². The third kappa shape index (κ3) is 1.45. The number of carbonyl (C=O) groups is 1. The number of primary amides is 1. The van der Waals surface area contributed by atoms with Crippen LogP contribution in [0.15, 0.2) is 35.7 Å². The lowest BCUT2D eigenvalue weighted by Crippen LogP contribution is -2.33. The topological polar surface area (TPSA) is 65.2 Å². The lowest BCUT2D eigenvalue weighted by molar-refractivity contribution is -0.114. The van der Waals surface area contributed by atoms with Crippen LogP contribution in [0.3, 0.4) is 0 Å². The largest absolute Gasteiger partial charge is 0.481 e. The molecule has 0 atom stereocenters. The molecule has 2 N–H and O–H groups in total. The van der Waals surface area contributed by atoms with Crippen LogP contribution in [0.5, 0.6) is 5.75 Å². The summed E-state index contributed by atoms with van der Waals surface area (Å²) in [4.78, 5) is 15.4. The Balaban J connectivity index is 2.16. The zero-order valence-electron chi connectivity index (χ0n) is 10.4. The highest BCUT2D eigenvalue weighted by Gasteiger charge is 2.37. The van der Waals surface area contributed by atoms with Gasteiger partial charge in [-0.15, -0.1) is 0 Å². The van der Waals surface area contributed by atoms with Crippen molar-refractivity contribution in [3.05, 3.63) is 41.2 Å². The number of hydrogen-bond acceptors (Lipinski definition) is 3. The van der Waals surface area contributed by atoms with E-state index in [1.54, 1.807) is 12.4 Å². The van der Waals surface area contributed by atoms with Gasteiger partial charge >= 0.3 is 0 Å². The minimum Gasteiger partial charge on any atom is -0.481 e. The molecule has 1 aromatic rings. The van der Waals surface area contributed by atoms with Gasteiger partial charge in [0.2, 0.25) is 5.91 Å². The molecule has 0 spiro atoms. The van der Waals surface area contributed by atoms with Crippen LogP contribution in [0.1, 0.15) is 25.8 Å². The summed E-state index contributed by atoms with van der Waals surface area (Å²) in [5, 5.41) is 0. The molecule has 0 saturated heterocycles. The van der Waals surface area contributed by atoms with Gasteiger partial charge in [-0.05, 0) is 37.1 Å². The maximum Gasteiger partial charge on any atom is 0.244 e. The Hall–Kier alpha value is -2.10. The molecule has 18 heavy (non-hydrogen) atoms. The second-order valence-electron chi connectivity index (χ2n) is 5.09. The number of ether oxygens (including phenoxy) is 1. The van der Waals surface area contributed by atoms with Crippen LogP contribution < -0.4 is 10.5 Å². The molecule has 92 valence electrons. The van der Waals surface area contributed by atoms with Crippen molar-refractivity contribution >= 4 is 11.5 Å². The number of hydrogen-bond donors (Lipinski definition) is 1. The van der Waals surface area contributed by atoms with Crippen molar-refractivity contribution in [2.24, 2.45) is 5.73 Å². The van der Waals surface area contributed by atoms with Gasteiger partial charge in [0.05, 0.1) is 6.20 Å². The second-order valence-corrected chi connectivity index (χ2v) is 5.09. The van der Waals surface area contributed by atoms with Gasteiger partial charge in [-0.25, -0.2) is 0 Å². The Morgan fingerprint density at radius 1 is 1.50 bits per heavy atom. The molecule has 1 aromatic heterocycles. The van der Waals surface area contributed by atoms with Gasteiger partial charge in [0.15, 0.2) is 0 Å². The van der Waals surface area contributed by atoms with Crippen LogP contribution in [0, 0.1) is 0 Å². The fraction of sp³-hybridized carbons (Fsp3) is 0.286. The molecule has 0 fully saturated rings. The monoisotopic (exact) mass is 242 g/mol. The molecule has 2 aliphatic rings. The average molecular weight is 242 g/mol. The standard InChI is InChI=1S/C14H14N2O2/c1-14(2)11-6-8(13(15)17)5-10(11)9-3-4-16-7-12(9)18-14/h3-4,6-7H,5H2,1-2H3,(H2,15,17). The minimum absolute atomic E-state index is 0.365. The van der Waals surface area contributed by atoms with Crippen LogP contribution >= 0.6 is 0 Å². The number of aromatic nitrogens is 1. The van der Waals surface area contributed by atoms with E-state index in [1.165, 1.54) is 0 Å². The van der Waals surface area contributed by atoms with Gasteiger partial charge < -0.3 is 10.5 Å². The number of pyridine rings is 1. The lowest BCUT2D eigenvalue weighted by atomic mass is 9.88. The second kappa shape index (κ2) is 3.45. The summed E-state index contributed by atoms with van der Waals surface area (Å²) in [6.45, 7) is 3.97. The summed E-state index contributed by atoms with van der Waals surface area (Å²) >= 11 is 0. The van der Waals surface area contributed by atoms with Crippen LogP contribution in [0.25, 0.3) is 5.57 Å². The van der Waals surface area contributed by atoms with E-state index < -0.39 is 5.60 Å². The normalized spacial score (nSPS) is 19.8. The molecule has 1 aliphatic heterocycles. The highest BCUT2D eigenvalue weighted by molar-refractivity contribution is 5.99. The maximum absolute atomic E-state index is 11.3. The first kappa shape index (κ1) is 11.0. The lowest BCUT2D eigenvalue weighted by Gasteiger charge is -2.33. The van der Waals surface area contributed by atoms with Crippen LogP contribution in [-0.4, -0.2) is 16.5 Å². The molecule has 0 unspecified atom stereocenters. The number of amides is 1. The summed E-state index contributed by atoms with van der Waals surface area (Å²) in [6, 6.07) is 1.91. The van der Waals surface area contributed by atoms with Gasteiger partial charge in [0.25, 0.3) is 0 Å². The molecule has 1 aliphatic carbocycles. The quantitative estimate of drug-likeness (QED) is 0.817. The molecular weight excluding hydrogens is 228 g/mol. The van der Waals surface area contributed by atoms with E-state index >= 15 is 0 Å². The third-order valence-corrected chi connectivity index (χ3v) is 3.45. The van der Waals surface area contributed by atoms with Crippen LogP contribution in [0.4, 0.5) is 0 Å². The fourth-order valence-corrected chi connectivity index (χ4v) is 2.57. The molecule has 0 saturated carbocycles. The predicted molar refractivity (Wildman–Crippen MR) is 67.8 cm³/mol. The average Bonchev–Trinajstić information content (AvgIpc) is 2.74. The highest BCUT2D eigenvalue weighted by atomic mass is 16.5. The zero-order valence-corrected chi connectivity index (χ0v) is 10.4. The van der Waals surface area contributed by atoms with E-state index in [4.69, 9.17) is 10.5 Å². The number of nitrogens with zero attached hydrogens (tertiary/aromatic N) is 1. The van der Waals surface area contributed by atoms with Crippen molar-refractivity contribution in [3.63, 3.8) is 0 Å². The van der Waals surface area contributed by atoms with E-state index in [1.807, 2.05) is 26.0 Å². The van der Waals surface area contributed by atoms with E-state index in [-0.39, 0.29) is 5.91 Å². The van der Waals surface area contributed by atoms with Gasteiger partial charge in [-0.3, -0.25) is 9.78 Å².